The lowest BCUT2D eigenvalue weighted by Gasteiger charge is -2.34. The number of Topliss-reactive ketones (excluding diaryl/α,β-unsaturated/α-hetero) is 1. The van der Waals surface area contributed by atoms with Gasteiger partial charge < -0.3 is 9.84 Å². The van der Waals surface area contributed by atoms with Crippen molar-refractivity contribution in [2.24, 2.45) is 9.98 Å². The molecule has 0 aliphatic carbocycles. The molecular formula is C30H25N3O4. The number of ketones is 1. The number of esters is 1. The van der Waals surface area contributed by atoms with Crippen molar-refractivity contribution < 1.29 is 19.4 Å². The summed E-state index contributed by atoms with van der Waals surface area (Å²) in [6.07, 6.45) is 3.05. The van der Waals surface area contributed by atoms with Crippen LogP contribution in [0.2, 0.25) is 0 Å². The van der Waals surface area contributed by atoms with Crippen molar-refractivity contribution in [3.05, 3.63) is 118 Å². The number of hydrogen-bond acceptors (Lipinski definition) is 7. The Morgan fingerprint density at radius 2 is 1.68 bits per heavy atom. The van der Waals surface area contributed by atoms with Crippen LogP contribution in [0.1, 0.15) is 40.0 Å². The van der Waals surface area contributed by atoms with Gasteiger partial charge in [-0.3, -0.25) is 9.69 Å². The predicted octanol–water partition coefficient (Wildman–Crippen LogP) is 5.24. The van der Waals surface area contributed by atoms with Crippen molar-refractivity contribution in [2.75, 3.05) is 6.61 Å². The van der Waals surface area contributed by atoms with E-state index in [2.05, 4.69) is 4.99 Å². The van der Waals surface area contributed by atoms with Gasteiger partial charge in [0.15, 0.2) is 5.78 Å². The smallest absolute Gasteiger partial charge is 0.338 e. The van der Waals surface area contributed by atoms with E-state index in [0.29, 0.717) is 17.2 Å². The molecule has 1 N–H and O–H groups in total. The highest BCUT2D eigenvalue weighted by Gasteiger charge is 2.37. The minimum atomic E-state index is -0.649. The van der Waals surface area contributed by atoms with Gasteiger partial charge in [-0.2, -0.15) is 0 Å². The summed E-state index contributed by atoms with van der Waals surface area (Å²) in [5.74, 6) is -0.671. The number of phenols is 1. The topological polar surface area (TPSA) is 91.6 Å². The van der Waals surface area contributed by atoms with Crippen molar-refractivity contribution >= 4 is 29.6 Å². The molecule has 3 aromatic carbocycles. The molecule has 184 valence electrons. The molecule has 0 saturated heterocycles. The summed E-state index contributed by atoms with van der Waals surface area (Å²) < 4.78 is 5.50. The van der Waals surface area contributed by atoms with Gasteiger partial charge in [0.25, 0.3) is 0 Å². The van der Waals surface area contributed by atoms with E-state index in [1.54, 1.807) is 36.2 Å². The Morgan fingerprint density at radius 3 is 2.38 bits per heavy atom. The largest absolute Gasteiger partial charge is 0.507 e. The lowest BCUT2D eigenvalue weighted by molar-refractivity contribution is -0.138. The Labute approximate surface area is 214 Å². The Balaban J connectivity index is 1.71. The average molecular weight is 492 g/mol. The normalized spacial score (nSPS) is 16.6. The maximum Gasteiger partial charge on any atom is 0.338 e. The van der Waals surface area contributed by atoms with E-state index < -0.39 is 17.8 Å². The Kier molecular flexibility index (Phi) is 6.51. The SMILES string of the molecule is CCOC(=O)C1=C(c2ccc(C)cc2)N2C=C(C(=O)c3ccccc3O)C=NC2=NC1c1ccccc1. The second-order valence-electron chi connectivity index (χ2n) is 8.65. The summed E-state index contributed by atoms with van der Waals surface area (Å²) in [7, 11) is 0. The number of para-hydroxylation sites is 1. The highest BCUT2D eigenvalue weighted by Crippen LogP contribution is 2.40. The third kappa shape index (κ3) is 4.59. The number of phenolic OH excluding ortho intramolecular Hbond substituents is 1. The number of aromatic hydroxyl groups is 1. The fourth-order valence-corrected chi connectivity index (χ4v) is 4.36. The van der Waals surface area contributed by atoms with Crippen LogP contribution in [-0.2, 0) is 9.53 Å². The second kappa shape index (κ2) is 10.1. The first kappa shape index (κ1) is 23.9. The number of allylic oxidation sites excluding steroid dienone is 1. The molecule has 2 aliphatic heterocycles. The van der Waals surface area contributed by atoms with E-state index in [1.165, 1.54) is 12.3 Å². The van der Waals surface area contributed by atoms with Crippen LogP contribution < -0.4 is 0 Å². The van der Waals surface area contributed by atoms with E-state index >= 15 is 0 Å². The zero-order valence-electron chi connectivity index (χ0n) is 20.5. The molecule has 7 heteroatoms. The molecule has 2 heterocycles. The van der Waals surface area contributed by atoms with Gasteiger partial charge in [0, 0.05) is 12.4 Å². The lowest BCUT2D eigenvalue weighted by Crippen LogP contribution is -2.35. The van der Waals surface area contributed by atoms with Crippen LogP contribution in [-0.4, -0.2) is 40.5 Å². The fourth-order valence-electron chi connectivity index (χ4n) is 4.36. The molecule has 5 rings (SSSR count). The molecule has 7 nitrogen and oxygen atoms in total. The maximum absolute atomic E-state index is 13.5. The number of aryl methyl sites for hydroxylation is 1. The van der Waals surface area contributed by atoms with Gasteiger partial charge in [0.1, 0.15) is 11.8 Å². The van der Waals surface area contributed by atoms with Gasteiger partial charge in [0.2, 0.25) is 5.96 Å². The van der Waals surface area contributed by atoms with E-state index in [4.69, 9.17) is 9.73 Å². The summed E-state index contributed by atoms with van der Waals surface area (Å²) in [4.78, 5) is 37.7. The Hall–Kier alpha value is -4.78. The number of benzene rings is 3. The summed E-state index contributed by atoms with van der Waals surface area (Å²) in [6.45, 7) is 3.94. The molecule has 2 aliphatic rings. The van der Waals surface area contributed by atoms with Gasteiger partial charge in [0.05, 0.1) is 29.0 Å². The standard InChI is InChI=1S/C30H25N3O4/c1-3-37-29(36)25-26(20-9-5-4-6-10-20)32-30-31-17-22(28(35)23-11-7-8-12-24(23)34)18-33(30)27(25)21-15-13-19(2)14-16-21/h4-18,26,34H,3H2,1-2H3. The number of carbonyl (C=O) groups excluding carboxylic acids is 2. The molecule has 1 atom stereocenters. The highest BCUT2D eigenvalue weighted by atomic mass is 16.5. The molecule has 0 spiro atoms. The molecule has 0 bridgehead atoms. The van der Waals surface area contributed by atoms with E-state index in [9.17, 15) is 14.7 Å². The first-order valence-corrected chi connectivity index (χ1v) is 12.0. The average Bonchev–Trinajstić information content (AvgIpc) is 2.93. The first-order valence-electron chi connectivity index (χ1n) is 12.0. The zero-order chi connectivity index (χ0) is 25.9. The summed E-state index contributed by atoms with van der Waals surface area (Å²) in [5, 5.41) is 10.2. The number of ether oxygens (including phenoxy) is 1. The van der Waals surface area contributed by atoms with E-state index in [1.807, 2.05) is 61.5 Å². The second-order valence-corrected chi connectivity index (χ2v) is 8.65. The number of nitrogens with zero attached hydrogens (tertiary/aromatic N) is 3. The molecule has 3 aromatic rings. The van der Waals surface area contributed by atoms with Crippen molar-refractivity contribution in [1.29, 1.82) is 0 Å². The third-order valence-electron chi connectivity index (χ3n) is 6.16. The van der Waals surface area contributed by atoms with E-state index in [-0.39, 0.29) is 23.5 Å². The minimum Gasteiger partial charge on any atom is -0.507 e. The first-order chi connectivity index (χ1) is 18.0. The van der Waals surface area contributed by atoms with Crippen LogP contribution in [0, 0.1) is 6.92 Å². The van der Waals surface area contributed by atoms with Crippen LogP contribution in [0.3, 0.4) is 0 Å². The summed E-state index contributed by atoms with van der Waals surface area (Å²) >= 11 is 0. The zero-order valence-corrected chi connectivity index (χ0v) is 20.5. The minimum absolute atomic E-state index is 0.120. The van der Waals surface area contributed by atoms with Crippen molar-refractivity contribution in [3.8, 4) is 5.75 Å². The molecule has 37 heavy (non-hydrogen) atoms. The summed E-state index contributed by atoms with van der Waals surface area (Å²) in [6, 6.07) is 23.0. The van der Waals surface area contributed by atoms with Crippen molar-refractivity contribution in [3.63, 3.8) is 0 Å². The molecule has 0 saturated carbocycles. The van der Waals surface area contributed by atoms with Crippen LogP contribution >= 0.6 is 0 Å². The number of aliphatic imine (C=N–C) groups is 2. The van der Waals surface area contributed by atoms with Crippen molar-refractivity contribution in [2.45, 2.75) is 19.9 Å². The van der Waals surface area contributed by atoms with Gasteiger partial charge in [-0.05, 0) is 37.1 Å². The predicted molar refractivity (Wildman–Crippen MR) is 142 cm³/mol. The Bertz CT molecular complexity index is 1480. The molecule has 0 fully saturated rings. The van der Waals surface area contributed by atoms with Crippen LogP contribution in [0.4, 0.5) is 0 Å². The number of hydrogen-bond donors (Lipinski definition) is 1. The molecule has 0 radical (unpaired) electrons. The molecule has 0 aromatic heterocycles. The number of guanidine groups is 1. The molecule has 1 unspecified atom stereocenters. The van der Waals surface area contributed by atoms with Crippen molar-refractivity contribution in [1.82, 2.24) is 4.90 Å². The lowest BCUT2D eigenvalue weighted by atomic mass is 9.92. The fraction of sp³-hybridized carbons (Fsp3) is 0.133. The van der Waals surface area contributed by atoms with E-state index in [0.717, 1.165) is 16.7 Å². The summed E-state index contributed by atoms with van der Waals surface area (Å²) in [5.41, 5.74) is 3.93. The van der Waals surface area contributed by atoms with Crippen LogP contribution in [0.5, 0.6) is 5.75 Å². The monoisotopic (exact) mass is 491 g/mol. The maximum atomic E-state index is 13.5. The highest BCUT2D eigenvalue weighted by molar-refractivity contribution is 6.25. The van der Waals surface area contributed by atoms with Crippen LogP contribution in [0.25, 0.3) is 5.70 Å². The number of rotatable bonds is 6. The molecular weight excluding hydrogens is 466 g/mol. The Morgan fingerprint density at radius 1 is 0.973 bits per heavy atom. The van der Waals surface area contributed by atoms with Gasteiger partial charge in [-0.1, -0.05) is 72.3 Å². The number of carbonyl (C=O) groups is 2. The van der Waals surface area contributed by atoms with Gasteiger partial charge in [-0.15, -0.1) is 0 Å². The third-order valence-corrected chi connectivity index (χ3v) is 6.16. The number of fused-ring (bicyclic) bond motifs is 1. The van der Waals surface area contributed by atoms with Crippen LogP contribution in [0.15, 0.2) is 106 Å². The van der Waals surface area contributed by atoms with Gasteiger partial charge in [-0.25, -0.2) is 14.8 Å². The molecule has 0 amide bonds. The van der Waals surface area contributed by atoms with Gasteiger partial charge >= 0.3 is 5.97 Å². The quantitative estimate of drug-likeness (QED) is 0.376.